The van der Waals surface area contributed by atoms with Crippen molar-refractivity contribution in [2.24, 2.45) is 0 Å². The Hall–Kier alpha value is -1.39. The van der Waals surface area contributed by atoms with Gasteiger partial charge in [-0.05, 0) is 30.0 Å². The Labute approximate surface area is 115 Å². The number of methoxy groups -OCH3 is 1. The Kier molecular flexibility index (Phi) is 7.15. The molecule has 1 rings (SSSR count). The fourth-order valence-electron chi connectivity index (χ4n) is 1.71. The average molecular weight is 264 g/mol. The van der Waals surface area contributed by atoms with Gasteiger partial charge in [-0.1, -0.05) is 26.0 Å². The van der Waals surface area contributed by atoms with Crippen LogP contribution in [0.4, 0.5) is 5.69 Å². The summed E-state index contributed by atoms with van der Waals surface area (Å²) in [7, 11) is 1.64. The van der Waals surface area contributed by atoms with Gasteiger partial charge in [0, 0.05) is 19.3 Å². The summed E-state index contributed by atoms with van der Waals surface area (Å²) in [5.74, 6) is 0.521. The molecule has 1 aromatic rings. The van der Waals surface area contributed by atoms with Crippen LogP contribution in [0.1, 0.15) is 31.7 Å². The molecule has 0 saturated carbocycles. The molecule has 1 amide bonds. The molecule has 4 heteroatoms. The SMILES string of the molecule is CCC(C)c1ccc(NC(=O)CNCCOC)cc1. The lowest BCUT2D eigenvalue weighted by molar-refractivity contribution is -0.115. The van der Waals surface area contributed by atoms with Crippen LogP contribution in [-0.2, 0) is 9.53 Å². The van der Waals surface area contributed by atoms with E-state index >= 15 is 0 Å². The number of hydrogen-bond acceptors (Lipinski definition) is 3. The fraction of sp³-hybridized carbons (Fsp3) is 0.533. The summed E-state index contributed by atoms with van der Waals surface area (Å²) in [6, 6.07) is 8.05. The van der Waals surface area contributed by atoms with Gasteiger partial charge in [-0.2, -0.15) is 0 Å². The minimum Gasteiger partial charge on any atom is -0.383 e. The van der Waals surface area contributed by atoms with Gasteiger partial charge in [0.05, 0.1) is 13.2 Å². The lowest BCUT2D eigenvalue weighted by atomic mass is 9.99. The van der Waals surface area contributed by atoms with Crippen molar-refractivity contribution in [1.29, 1.82) is 0 Å². The molecular formula is C15H24N2O2. The van der Waals surface area contributed by atoms with E-state index in [2.05, 4.69) is 36.6 Å². The van der Waals surface area contributed by atoms with E-state index < -0.39 is 0 Å². The summed E-state index contributed by atoms with van der Waals surface area (Å²) in [6.45, 7) is 5.96. The zero-order valence-corrected chi connectivity index (χ0v) is 12.0. The second kappa shape index (κ2) is 8.67. The van der Waals surface area contributed by atoms with Gasteiger partial charge >= 0.3 is 0 Å². The highest BCUT2D eigenvalue weighted by Gasteiger charge is 2.04. The van der Waals surface area contributed by atoms with Crippen LogP contribution in [0.3, 0.4) is 0 Å². The topological polar surface area (TPSA) is 50.4 Å². The van der Waals surface area contributed by atoms with Crippen LogP contribution in [0.25, 0.3) is 0 Å². The maximum absolute atomic E-state index is 11.6. The maximum atomic E-state index is 11.6. The Bertz CT molecular complexity index is 376. The molecule has 0 fully saturated rings. The number of hydrogen-bond donors (Lipinski definition) is 2. The number of carbonyl (C=O) groups excluding carboxylic acids is 1. The molecule has 0 aromatic heterocycles. The summed E-state index contributed by atoms with van der Waals surface area (Å²) in [5, 5.41) is 5.87. The first-order chi connectivity index (χ1) is 9.17. The summed E-state index contributed by atoms with van der Waals surface area (Å²) >= 11 is 0. The number of amides is 1. The van der Waals surface area contributed by atoms with Crippen molar-refractivity contribution < 1.29 is 9.53 Å². The van der Waals surface area contributed by atoms with Crippen LogP contribution in [0.2, 0.25) is 0 Å². The molecule has 0 aliphatic heterocycles. The van der Waals surface area contributed by atoms with E-state index in [4.69, 9.17) is 4.74 Å². The number of anilines is 1. The van der Waals surface area contributed by atoms with Crippen LogP contribution in [0.15, 0.2) is 24.3 Å². The molecule has 106 valence electrons. The second-order valence-electron chi connectivity index (χ2n) is 4.65. The van der Waals surface area contributed by atoms with Crippen molar-refractivity contribution in [3.63, 3.8) is 0 Å². The van der Waals surface area contributed by atoms with Crippen LogP contribution in [-0.4, -0.2) is 32.7 Å². The summed E-state index contributed by atoms with van der Waals surface area (Å²) in [5.41, 5.74) is 2.14. The summed E-state index contributed by atoms with van der Waals surface area (Å²) in [6.07, 6.45) is 1.12. The minimum absolute atomic E-state index is 0.0348. The molecule has 4 nitrogen and oxygen atoms in total. The zero-order chi connectivity index (χ0) is 14.1. The Morgan fingerprint density at radius 3 is 2.58 bits per heavy atom. The van der Waals surface area contributed by atoms with Gasteiger partial charge in [0.25, 0.3) is 0 Å². The molecule has 0 aliphatic rings. The molecule has 2 N–H and O–H groups in total. The molecule has 0 bridgehead atoms. The van der Waals surface area contributed by atoms with Crippen LogP contribution in [0.5, 0.6) is 0 Å². The molecule has 1 unspecified atom stereocenters. The van der Waals surface area contributed by atoms with E-state index in [-0.39, 0.29) is 5.91 Å². The molecule has 0 spiro atoms. The van der Waals surface area contributed by atoms with E-state index in [0.29, 0.717) is 25.6 Å². The van der Waals surface area contributed by atoms with Gasteiger partial charge in [0.2, 0.25) is 5.91 Å². The molecule has 1 aromatic carbocycles. The van der Waals surface area contributed by atoms with Crippen molar-refractivity contribution in [2.75, 3.05) is 32.1 Å². The first-order valence-corrected chi connectivity index (χ1v) is 6.76. The highest BCUT2D eigenvalue weighted by Crippen LogP contribution is 2.20. The number of nitrogens with one attached hydrogen (secondary N) is 2. The highest BCUT2D eigenvalue weighted by atomic mass is 16.5. The van der Waals surface area contributed by atoms with Crippen molar-refractivity contribution in [1.82, 2.24) is 5.32 Å². The highest BCUT2D eigenvalue weighted by molar-refractivity contribution is 5.92. The summed E-state index contributed by atoms with van der Waals surface area (Å²) in [4.78, 5) is 11.6. The first kappa shape index (κ1) is 15.7. The molecule has 1 atom stereocenters. The van der Waals surface area contributed by atoms with Gasteiger partial charge in [-0.25, -0.2) is 0 Å². The van der Waals surface area contributed by atoms with Crippen LogP contribution >= 0.6 is 0 Å². The van der Waals surface area contributed by atoms with E-state index in [1.807, 2.05) is 12.1 Å². The number of carbonyl (C=O) groups is 1. The number of benzene rings is 1. The molecular weight excluding hydrogens is 240 g/mol. The van der Waals surface area contributed by atoms with E-state index in [1.54, 1.807) is 7.11 Å². The molecule has 0 heterocycles. The Balaban J connectivity index is 2.38. The van der Waals surface area contributed by atoms with E-state index in [9.17, 15) is 4.79 Å². The van der Waals surface area contributed by atoms with Gasteiger partial charge in [-0.3, -0.25) is 4.79 Å². The smallest absolute Gasteiger partial charge is 0.238 e. The zero-order valence-electron chi connectivity index (χ0n) is 12.0. The third-order valence-corrected chi connectivity index (χ3v) is 3.14. The quantitative estimate of drug-likeness (QED) is 0.709. The van der Waals surface area contributed by atoms with Gasteiger partial charge in [0.15, 0.2) is 0 Å². The first-order valence-electron chi connectivity index (χ1n) is 6.76. The molecule has 0 radical (unpaired) electrons. The lowest BCUT2D eigenvalue weighted by Crippen LogP contribution is -2.30. The van der Waals surface area contributed by atoms with E-state index in [1.165, 1.54) is 5.56 Å². The fourth-order valence-corrected chi connectivity index (χ4v) is 1.71. The maximum Gasteiger partial charge on any atom is 0.238 e. The average Bonchev–Trinajstić information content (AvgIpc) is 2.43. The molecule has 0 saturated heterocycles. The predicted molar refractivity (Wildman–Crippen MR) is 78.5 cm³/mol. The third kappa shape index (κ3) is 5.85. The number of rotatable bonds is 8. The summed E-state index contributed by atoms with van der Waals surface area (Å²) < 4.78 is 4.89. The van der Waals surface area contributed by atoms with Crippen LogP contribution in [0, 0.1) is 0 Å². The van der Waals surface area contributed by atoms with Crippen molar-refractivity contribution in [2.45, 2.75) is 26.2 Å². The second-order valence-corrected chi connectivity index (χ2v) is 4.65. The van der Waals surface area contributed by atoms with Crippen molar-refractivity contribution >= 4 is 11.6 Å². The standard InChI is InChI=1S/C15H24N2O2/c1-4-12(2)13-5-7-14(8-6-13)17-15(18)11-16-9-10-19-3/h5-8,12,16H,4,9-11H2,1-3H3,(H,17,18). The van der Waals surface area contributed by atoms with Gasteiger partial charge in [-0.15, -0.1) is 0 Å². The monoisotopic (exact) mass is 264 g/mol. The largest absolute Gasteiger partial charge is 0.383 e. The molecule has 19 heavy (non-hydrogen) atoms. The lowest BCUT2D eigenvalue weighted by Gasteiger charge is -2.10. The van der Waals surface area contributed by atoms with Crippen molar-refractivity contribution in [3.05, 3.63) is 29.8 Å². The predicted octanol–water partition coefficient (Wildman–Crippen LogP) is 2.37. The van der Waals surface area contributed by atoms with Crippen LogP contribution < -0.4 is 10.6 Å². The Morgan fingerprint density at radius 2 is 2.00 bits per heavy atom. The molecule has 0 aliphatic carbocycles. The van der Waals surface area contributed by atoms with Crippen molar-refractivity contribution in [3.8, 4) is 0 Å². The Morgan fingerprint density at radius 1 is 1.32 bits per heavy atom. The normalized spacial score (nSPS) is 12.2. The minimum atomic E-state index is -0.0348. The number of ether oxygens (including phenoxy) is 1. The van der Waals surface area contributed by atoms with E-state index in [0.717, 1.165) is 12.1 Å². The van der Waals surface area contributed by atoms with Gasteiger partial charge in [0.1, 0.15) is 0 Å². The third-order valence-electron chi connectivity index (χ3n) is 3.14. The van der Waals surface area contributed by atoms with Gasteiger partial charge < -0.3 is 15.4 Å².